The molecular formula is C18H20N2O3. The Kier molecular flexibility index (Phi) is 5.36. The Bertz CT molecular complexity index is 668. The van der Waals surface area contributed by atoms with E-state index in [2.05, 4.69) is 5.32 Å². The van der Waals surface area contributed by atoms with E-state index in [1.807, 2.05) is 49.4 Å². The van der Waals surface area contributed by atoms with Gasteiger partial charge in [-0.05, 0) is 31.5 Å². The Morgan fingerprint density at radius 3 is 2.26 bits per heavy atom. The van der Waals surface area contributed by atoms with Gasteiger partial charge < -0.3 is 15.3 Å². The van der Waals surface area contributed by atoms with Gasteiger partial charge in [-0.25, -0.2) is 9.59 Å². The third kappa shape index (κ3) is 4.57. The SMILES string of the molecule is Cc1ccc(NC(=O)N(Cc2ccccc2)C(C)C(=O)O)cc1. The molecule has 1 atom stereocenters. The van der Waals surface area contributed by atoms with E-state index in [0.717, 1.165) is 11.1 Å². The zero-order valence-corrected chi connectivity index (χ0v) is 13.2. The number of nitrogens with zero attached hydrogens (tertiary/aromatic N) is 1. The number of carbonyl (C=O) groups excluding carboxylic acids is 1. The maximum atomic E-state index is 12.5. The Hall–Kier alpha value is -2.82. The lowest BCUT2D eigenvalue weighted by molar-refractivity contribution is -0.141. The monoisotopic (exact) mass is 312 g/mol. The third-order valence-electron chi connectivity index (χ3n) is 3.58. The minimum atomic E-state index is -1.04. The summed E-state index contributed by atoms with van der Waals surface area (Å²) in [6, 6.07) is 15.3. The van der Waals surface area contributed by atoms with Crippen LogP contribution in [-0.2, 0) is 11.3 Å². The van der Waals surface area contributed by atoms with Crippen LogP contribution < -0.4 is 5.32 Å². The van der Waals surface area contributed by atoms with E-state index < -0.39 is 18.0 Å². The van der Waals surface area contributed by atoms with Gasteiger partial charge in [0.05, 0.1) is 0 Å². The molecule has 2 amide bonds. The van der Waals surface area contributed by atoms with Crippen LogP contribution >= 0.6 is 0 Å². The molecule has 0 saturated heterocycles. The molecule has 0 radical (unpaired) electrons. The maximum Gasteiger partial charge on any atom is 0.326 e. The van der Waals surface area contributed by atoms with Crippen molar-refractivity contribution in [1.29, 1.82) is 0 Å². The van der Waals surface area contributed by atoms with Crippen molar-refractivity contribution < 1.29 is 14.7 Å². The van der Waals surface area contributed by atoms with Crippen molar-refractivity contribution in [2.24, 2.45) is 0 Å². The highest BCUT2D eigenvalue weighted by atomic mass is 16.4. The van der Waals surface area contributed by atoms with Crippen LogP contribution in [0.3, 0.4) is 0 Å². The number of anilines is 1. The number of carbonyl (C=O) groups is 2. The van der Waals surface area contributed by atoms with Crippen molar-refractivity contribution in [2.75, 3.05) is 5.32 Å². The number of urea groups is 1. The number of aliphatic carboxylic acids is 1. The Balaban J connectivity index is 2.16. The summed E-state index contributed by atoms with van der Waals surface area (Å²) in [5.74, 6) is -1.04. The predicted molar refractivity (Wildman–Crippen MR) is 89.3 cm³/mol. The molecule has 5 heteroatoms. The van der Waals surface area contributed by atoms with Crippen LogP contribution in [0.15, 0.2) is 54.6 Å². The number of carboxylic acids is 1. The van der Waals surface area contributed by atoms with Gasteiger partial charge in [0.25, 0.3) is 0 Å². The second kappa shape index (κ2) is 7.45. The van der Waals surface area contributed by atoms with Crippen molar-refractivity contribution in [3.05, 3.63) is 65.7 Å². The third-order valence-corrected chi connectivity index (χ3v) is 3.58. The first-order valence-corrected chi connectivity index (χ1v) is 7.38. The summed E-state index contributed by atoms with van der Waals surface area (Å²) in [7, 11) is 0. The lowest BCUT2D eigenvalue weighted by atomic mass is 10.2. The molecular weight excluding hydrogens is 292 g/mol. The van der Waals surface area contributed by atoms with Gasteiger partial charge in [-0.15, -0.1) is 0 Å². The molecule has 2 N–H and O–H groups in total. The van der Waals surface area contributed by atoms with Crippen molar-refractivity contribution in [1.82, 2.24) is 4.90 Å². The molecule has 120 valence electrons. The average Bonchev–Trinajstić information content (AvgIpc) is 2.55. The molecule has 2 aromatic rings. The number of amides is 2. The Morgan fingerprint density at radius 2 is 1.70 bits per heavy atom. The second-order valence-electron chi connectivity index (χ2n) is 5.42. The number of hydrogen-bond acceptors (Lipinski definition) is 2. The zero-order chi connectivity index (χ0) is 16.8. The minimum Gasteiger partial charge on any atom is -0.480 e. The van der Waals surface area contributed by atoms with E-state index >= 15 is 0 Å². The van der Waals surface area contributed by atoms with E-state index in [1.165, 1.54) is 11.8 Å². The van der Waals surface area contributed by atoms with E-state index in [0.29, 0.717) is 5.69 Å². The number of hydrogen-bond donors (Lipinski definition) is 2. The molecule has 1 unspecified atom stereocenters. The van der Waals surface area contributed by atoms with Crippen LogP contribution in [0.2, 0.25) is 0 Å². The minimum absolute atomic E-state index is 0.228. The van der Waals surface area contributed by atoms with E-state index in [-0.39, 0.29) is 6.54 Å². The van der Waals surface area contributed by atoms with E-state index in [4.69, 9.17) is 0 Å². The van der Waals surface area contributed by atoms with Gasteiger partial charge in [0.1, 0.15) is 6.04 Å². The zero-order valence-electron chi connectivity index (χ0n) is 13.2. The Morgan fingerprint density at radius 1 is 1.09 bits per heavy atom. The van der Waals surface area contributed by atoms with E-state index in [9.17, 15) is 14.7 Å². The quantitative estimate of drug-likeness (QED) is 0.887. The molecule has 0 saturated carbocycles. The molecule has 2 rings (SSSR count). The first-order chi connectivity index (χ1) is 11.0. The number of aryl methyl sites for hydroxylation is 1. The predicted octanol–water partition coefficient (Wildman–Crippen LogP) is 3.50. The average molecular weight is 312 g/mol. The van der Waals surface area contributed by atoms with Gasteiger partial charge in [-0.2, -0.15) is 0 Å². The van der Waals surface area contributed by atoms with Crippen molar-refractivity contribution >= 4 is 17.7 Å². The van der Waals surface area contributed by atoms with Gasteiger partial charge in [-0.3, -0.25) is 0 Å². The number of rotatable bonds is 5. The molecule has 2 aromatic carbocycles. The number of benzene rings is 2. The Labute approximate surface area is 135 Å². The first-order valence-electron chi connectivity index (χ1n) is 7.38. The van der Waals surface area contributed by atoms with Gasteiger partial charge in [0.2, 0.25) is 0 Å². The van der Waals surface area contributed by atoms with Gasteiger partial charge in [0, 0.05) is 12.2 Å². The highest BCUT2D eigenvalue weighted by Gasteiger charge is 2.25. The van der Waals surface area contributed by atoms with Crippen LogP contribution in [0.5, 0.6) is 0 Å². The summed E-state index contributed by atoms with van der Waals surface area (Å²) >= 11 is 0. The molecule has 23 heavy (non-hydrogen) atoms. The second-order valence-corrected chi connectivity index (χ2v) is 5.42. The summed E-state index contributed by atoms with van der Waals surface area (Å²) in [5, 5.41) is 12.0. The summed E-state index contributed by atoms with van der Waals surface area (Å²) in [6.07, 6.45) is 0. The van der Waals surface area contributed by atoms with Gasteiger partial charge >= 0.3 is 12.0 Å². The highest BCUT2D eigenvalue weighted by molar-refractivity contribution is 5.92. The fourth-order valence-corrected chi connectivity index (χ4v) is 2.13. The number of nitrogens with one attached hydrogen (secondary N) is 1. The van der Waals surface area contributed by atoms with Crippen molar-refractivity contribution in [3.8, 4) is 0 Å². The summed E-state index contributed by atoms with van der Waals surface area (Å²) < 4.78 is 0. The molecule has 0 aromatic heterocycles. The normalized spacial score (nSPS) is 11.6. The molecule has 0 aliphatic rings. The largest absolute Gasteiger partial charge is 0.480 e. The summed E-state index contributed by atoms with van der Waals surface area (Å²) in [4.78, 5) is 25.1. The van der Waals surface area contributed by atoms with Crippen molar-refractivity contribution in [2.45, 2.75) is 26.4 Å². The van der Waals surface area contributed by atoms with Crippen LogP contribution in [0.25, 0.3) is 0 Å². The smallest absolute Gasteiger partial charge is 0.326 e. The highest BCUT2D eigenvalue weighted by Crippen LogP contribution is 2.14. The van der Waals surface area contributed by atoms with Gasteiger partial charge in [0.15, 0.2) is 0 Å². The van der Waals surface area contributed by atoms with Crippen LogP contribution in [0.4, 0.5) is 10.5 Å². The number of carboxylic acid groups (broad SMARTS) is 1. The fourth-order valence-electron chi connectivity index (χ4n) is 2.13. The molecule has 0 heterocycles. The molecule has 5 nitrogen and oxygen atoms in total. The molecule has 0 spiro atoms. The lowest BCUT2D eigenvalue weighted by Gasteiger charge is -2.27. The summed E-state index contributed by atoms with van der Waals surface area (Å²) in [5.41, 5.74) is 2.60. The standard InChI is InChI=1S/C18H20N2O3/c1-13-8-10-16(11-9-13)19-18(23)20(14(2)17(21)22)12-15-6-4-3-5-7-15/h3-11,14H,12H2,1-2H3,(H,19,23)(H,21,22). The van der Waals surface area contributed by atoms with E-state index in [1.54, 1.807) is 12.1 Å². The van der Waals surface area contributed by atoms with Crippen LogP contribution in [0.1, 0.15) is 18.1 Å². The van der Waals surface area contributed by atoms with Gasteiger partial charge in [-0.1, -0.05) is 48.0 Å². The fraction of sp³-hybridized carbons (Fsp3) is 0.222. The molecule has 0 aliphatic carbocycles. The topological polar surface area (TPSA) is 69.6 Å². The molecule has 0 aliphatic heterocycles. The maximum absolute atomic E-state index is 12.5. The van der Waals surface area contributed by atoms with Crippen LogP contribution in [0, 0.1) is 6.92 Å². The molecule has 0 bridgehead atoms. The van der Waals surface area contributed by atoms with Crippen LogP contribution in [-0.4, -0.2) is 28.0 Å². The van der Waals surface area contributed by atoms with Crippen molar-refractivity contribution in [3.63, 3.8) is 0 Å². The lowest BCUT2D eigenvalue weighted by Crippen LogP contribution is -2.44. The molecule has 0 fully saturated rings. The summed E-state index contributed by atoms with van der Waals surface area (Å²) in [6.45, 7) is 3.69. The first kappa shape index (κ1) is 16.5.